The highest BCUT2D eigenvalue weighted by Crippen LogP contribution is 2.19. The van der Waals surface area contributed by atoms with Gasteiger partial charge in [0.25, 0.3) is 0 Å². The van der Waals surface area contributed by atoms with Crippen molar-refractivity contribution in [3.8, 4) is 5.75 Å². The predicted octanol–water partition coefficient (Wildman–Crippen LogP) is 1.33. The first-order valence-corrected chi connectivity index (χ1v) is 5.95. The van der Waals surface area contributed by atoms with Crippen molar-refractivity contribution in [2.75, 3.05) is 12.3 Å². The molecule has 0 aliphatic carbocycles. The zero-order valence-electron chi connectivity index (χ0n) is 10.4. The van der Waals surface area contributed by atoms with Crippen LogP contribution >= 0.6 is 0 Å². The van der Waals surface area contributed by atoms with Gasteiger partial charge in [-0.05, 0) is 19.1 Å². The molecule has 1 aromatic heterocycles. The number of anilines is 1. The van der Waals surface area contributed by atoms with E-state index < -0.39 is 0 Å². The van der Waals surface area contributed by atoms with Gasteiger partial charge in [-0.1, -0.05) is 12.1 Å². The molecule has 0 aliphatic rings. The standard InChI is InChI=1S/C13H17N3O2/c1-2-15-7-8-16(13(15)17)9-10-18-12-6-4-3-5-11(12)14/h3-8H,2,9-10,14H2,1H3. The van der Waals surface area contributed by atoms with Gasteiger partial charge < -0.3 is 10.5 Å². The molecule has 0 amide bonds. The van der Waals surface area contributed by atoms with Gasteiger partial charge in [-0.3, -0.25) is 9.13 Å². The van der Waals surface area contributed by atoms with Crippen LogP contribution in [0.15, 0.2) is 41.5 Å². The van der Waals surface area contributed by atoms with Crippen LogP contribution in [0.3, 0.4) is 0 Å². The Morgan fingerprint density at radius 3 is 2.61 bits per heavy atom. The summed E-state index contributed by atoms with van der Waals surface area (Å²) >= 11 is 0. The average Bonchev–Trinajstić information content (AvgIpc) is 2.73. The predicted molar refractivity (Wildman–Crippen MR) is 70.7 cm³/mol. The van der Waals surface area contributed by atoms with Gasteiger partial charge in [0, 0.05) is 18.9 Å². The maximum absolute atomic E-state index is 11.8. The largest absolute Gasteiger partial charge is 0.490 e. The third-order valence-electron chi connectivity index (χ3n) is 2.77. The van der Waals surface area contributed by atoms with E-state index in [-0.39, 0.29) is 5.69 Å². The summed E-state index contributed by atoms with van der Waals surface area (Å²) < 4.78 is 8.82. The third-order valence-corrected chi connectivity index (χ3v) is 2.77. The molecule has 1 heterocycles. The third kappa shape index (κ3) is 2.56. The Morgan fingerprint density at radius 1 is 1.22 bits per heavy atom. The first-order valence-electron chi connectivity index (χ1n) is 5.95. The summed E-state index contributed by atoms with van der Waals surface area (Å²) in [6.45, 7) is 3.55. The molecule has 0 fully saturated rings. The molecule has 2 rings (SSSR count). The molecule has 96 valence electrons. The SMILES string of the molecule is CCn1ccn(CCOc2ccccc2N)c1=O. The van der Waals surface area contributed by atoms with Gasteiger partial charge in [0.15, 0.2) is 0 Å². The maximum Gasteiger partial charge on any atom is 0.328 e. The second-order valence-corrected chi connectivity index (χ2v) is 3.95. The van der Waals surface area contributed by atoms with E-state index in [1.54, 1.807) is 27.6 Å². The van der Waals surface area contributed by atoms with Crippen LogP contribution in [-0.2, 0) is 13.1 Å². The van der Waals surface area contributed by atoms with Crippen LogP contribution in [0.2, 0.25) is 0 Å². The van der Waals surface area contributed by atoms with Crippen molar-refractivity contribution in [3.05, 3.63) is 47.1 Å². The molecule has 5 heteroatoms. The van der Waals surface area contributed by atoms with Gasteiger partial charge in [-0.25, -0.2) is 4.79 Å². The molecule has 0 unspecified atom stereocenters. The lowest BCUT2D eigenvalue weighted by Gasteiger charge is -2.08. The Hall–Kier alpha value is -2.17. The molecule has 2 N–H and O–H groups in total. The topological polar surface area (TPSA) is 62.2 Å². The number of ether oxygens (including phenoxy) is 1. The number of aromatic nitrogens is 2. The molecule has 18 heavy (non-hydrogen) atoms. The van der Waals surface area contributed by atoms with Gasteiger partial charge in [-0.15, -0.1) is 0 Å². The summed E-state index contributed by atoms with van der Waals surface area (Å²) in [5.41, 5.74) is 6.35. The molecule has 0 saturated carbocycles. The van der Waals surface area contributed by atoms with E-state index in [0.717, 1.165) is 0 Å². The van der Waals surface area contributed by atoms with Gasteiger partial charge in [-0.2, -0.15) is 0 Å². The molecule has 0 spiro atoms. The molecule has 0 atom stereocenters. The van der Waals surface area contributed by atoms with Gasteiger partial charge in [0.2, 0.25) is 0 Å². The number of nitrogens with two attached hydrogens (primary N) is 1. The minimum absolute atomic E-state index is 0.0119. The zero-order valence-corrected chi connectivity index (χ0v) is 10.4. The number of benzene rings is 1. The normalized spacial score (nSPS) is 10.5. The number of rotatable bonds is 5. The summed E-state index contributed by atoms with van der Waals surface area (Å²) in [5, 5.41) is 0. The summed E-state index contributed by atoms with van der Waals surface area (Å²) in [4.78, 5) is 11.8. The van der Waals surface area contributed by atoms with Crippen LogP contribution in [-0.4, -0.2) is 15.7 Å². The number of hydrogen-bond acceptors (Lipinski definition) is 3. The number of aryl methyl sites for hydroxylation is 1. The van der Waals surface area contributed by atoms with Crippen LogP contribution in [0.25, 0.3) is 0 Å². The molecule has 0 aliphatic heterocycles. The van der Waals surface area contributed by atoms with Crippen molar-refractivity contribution in [1.82, 2.24) is 9.13 Å². The fourth-order valence-electron chi connectivity index (χ4n) is 1.73. The quantitative estimate of drug-likeness (QED) is 0.811. The van der Waals surface area contributed by atoms with Crippen molar-refractivity contribution >= 4 is 5.69 Å². The zero-order chi connectivity index (χ0) is 13.0. The lowest BCUT2D eigenvalue weighted by molar-refractivity contribution is 0.297. The number of hydrogen-bond donors (Lipinski definition) is 1. The van der Waals surface area contributed by atoms with Crippen LogP contribution in [0.5, 0.6) is 5.75 Å². The monoisotopic (exact) mass is 247 g/mol. The summed E-state index contributed by atoms with van der Waals surface area (Å²) in [6.07, 6.45) is 3.54. The molecular weight excluding hydrogens is 230 g/mol. The fraction of sp³-hybridized carbons (Fsp3) is 0.308. The first-order chi connectivity index (χ1) is 8.72. The van der Waals surface area contributed by atoms with Crippen molar-refractivity contribution in [2.24, 2.45) is 0 Å². The number of nitrogen functional groups attached to an aromatic ring is 1. The molecule has 0 saturated heterocycles. The second kappa shape index (κ2) is 5.44. The van der Waals surface area contributed by atoms with Crippen molar-refractivity contribution in [2.45, 2.75) is 20.0 Å². The van der Waals surface area contributed by atoms with Crippen LogP contribution in [0.1, 0.15) is 6.92 Å². The highest BCUT2D eigenvalue weighted by atomic mass is 16.5. The molecule has 0 bridgehead atoms. The minimum Gasteiger partial charge on any atom is -0.490 e. The van der Waals surface area contributed by atoms with E-state index >= 15 is 0 Å². The van der Waals surface area contributed by atoms with Crippen LogP contribution in [0, 0.1) is 0 Å². The summed E-state index contributed by atoms with van der Waals surface area (Å²) in [5.74, 6) is 0.653. The smallest absolute Gasteiger partial charge is 0.328 e. The molecule has 2 aromatic rings. The van der Waals surface area contributed by atoms with Crippen LogP contribution < -0.4 is 16.2 Å². The average molecular weight is 247 g/mol. The second-order valence-electron chi connectivity index (χ2n) is 3.95. The summed E-state index contributed by atoms with van der Waals surface area (Å²) in [6, 6.07) is 7.32. The van der Waals surface area contributed by atoms with Crippen LogP contribution in [0.4, 0.5) is 5.69 Å². The van der Waals surface area contributed by atoms with E-state index in [0.29, 0.717) is 31.1 Å². The van der Waals surface area contributed by atoms with E-state index in [1.165, 1.54) is 0 Å². The molecular formula is C13H17N3O2. The van der Waals surface area contributed by atoms with E-state index in [4.69, 9.17) is 10.5 Å². The Kier molecular flexibility index (Phi) is 3.72. The van der Waals surface area contributed by atoms with E-state index in [9.17, 15) is 4.79 Å². The fourth-order valence-corrected chi connectivity index (χ4v) is 1.73. The lowest BCUT2D eigenvalue weighted by atomic mass is 10.3. The Bertz CT molecular complexity index is 572. The Labute approximate surface area is 105 Å². The van der Waals surface area contributed by atoms with Crippen molar-refractivity contribution in [3.63, 3.8) is 0 Å². The number of nitrogens with zero attached hydrogens (tertiary/aromatic N) is 2. The van der Waals surface area contributed by atoms with Gasteiger partial charge in [0.05, 0.1) is 12.2 Å². The lowest BCUT2D eigenvalue weighted by Crippen LogP contribution is -2.25. The molecule has 0 radical (unpaired) electrons. The Balaban J connectivity index is 1.95. The maximum atomic E-state index is 11.8. The van der Waals surface area contributed by atoms with E-state index in [2.05, 4.69) is 0 Å². The number of para-hydroxylation sites is 2. The van der Waals surface area contributed by atoms with Crippen molar-refractivity contribution in [1.29, 1.82) is 0 Å². The molecule has 5 nitrogen and oxygen atoms in total. The molecule has 1 aromatic carbocycles. The number of imidazole rings is 1. The Morgan fingerprint density at radius 2 is 1.94 bits per heavy atom. The minimum atomic E-state index is -0.0119. The highest BCUT2D eigenvalue weighted by molar-refractivity contribution is 5.51. The first kappa shape index (κ1) is 12.3. The van der Waals surface area contributed by atoms with E-state index in [1.807, 2.05) is 25.1 Å². The van der Waals surface area contributed by atoms with Gasteiger partial charge in [0.1, 0.15) is 12.4 Å². The van der Waals surface area contributed by atoms with Crippen molar-refractivity contribution < 1.29 is 4.74 Å². The summed E-state index contributed by atoms with van der Waals surface area (Å²) in [7, 11) is 0. The van der Waals surface area contributed by atoms with Gasteiger partial charge >= 0.3 is 5.69 Å². The highest BCUT2D eigenvalue weighted by Gasteiger charge is 2.02.